The predicted molar refractivity (Wildman–Crippen MR) is 53.9 cm³/mol. The molecule has 4 heteroatoms. The van der Waals surface area contributed by atoms with E-state index in [1.54, 1.807) is 20.8 Å². The van der Waals surface area contributed by atoms with Crippen LogP contribution in [0.5, 0.6) is 0 Å². The van der Waals surface area contributed by atoms with Crippen LogP contribution >= 0.6 is 0 Å². The number of carbonyl (C=O) groups is 1. The van der Waals surface area contributed by atoms with Gasteiger partial charge < -0.3 is 14.2 Å². The molecule has 0 aliphatic carbocycles. The Hall–Kier alpha value is -1.05. The van der Waals surface area contributed by atoms with Crippen LogP contribution in [0.2, 0.25) is 0 Å². The zero-order valence-electron chi connectivity index (χ0n) is 9.33. The molecule has 0 atom stereocenters. The quantitative estimate of drug-likeness (QED) is 0.505. The molecule has 1 heterocycles. The normalized spacial score (nSPS) is 22.8. The zero-order chi connectivity index (χ0) is 11.5. The van der Waals surface area contributed by atoms with Gasteiger partial charge >= 0.3 is 5.97 Å². The lowest BCUT2D eigenvalue weighted by atomic mass is 9.92. The first-order valence-corrected chi connectivity index (χ1v) is 4.78. The Morgan fingerprint density at radius 3 is 2.40 bits per heavy atom. The molecule has 1 aliphatic heterocycles. The van der Waals surface area contributed by atoms with E-state index in [9.17, 15) is 4.79 Å². The van der Waals surface area contributed by atoms with Gasteiger partial charge in [0, 0.05) is 0 Å². The Morgan fingerprint density at radius 2 is 1.93 bits per heavy atom. The third-order valence-electron chi connectivity index (χ3n) is 2.26. The van der Waals surface area contributed by atoms with Crippen LogP contribution in [0.15, 0.2) is 0 Å². The highest BCUT2D eigenvalue weighted by atomic mass is 16.7. The second kappa shape index (κ2) is 4.21. The van der Waals surface area contributed by atoms with Gasteiger partial charge in [-0.2, -0.15) is 0 Å². The summed E-state index contributed by atoms with van der Waals surface area (Å²) < 4.78 is 15.7. The maximum Gasteiger partial charge on any atom is 0.317 e. The molecule has 1 saturated heterocycles. The smallest absolute Gasteiger partial charge is 0.317 e. The highest BCUT2D eigenvalue weighted by molar-refractivity contribution is 5.77. The van der Waals surface area contributed by atoms with E-state index in [0.29, 0.717) is 0 Å². The minimum atomic E-state index is -0.758. The Kier molecular flexibility index (Phi) is 3.38. The van der Waals surface area contributed by atoms with Crippen molar-refractivity contribution < 1.29 is 19.0 Å². The zero-order valence-corrected chi connectivity index (χ0v) is 9.33. The van der Waals surface area contributed by atoms with Crippen LogP contribution in [0.4, 0.5) is 0 Å². The molecule has 0 aromatic carbocycles. The van der Waals surface area contributed by atoms with Gasteiger partial charge in [-0.25, -0.2) is 0 Å². The van der Waals surface area contributed by atoms with Gasteiger partial charge in [0.15, 0.2) is 12.4 Å². The summed E-state index contributed by atoms with van der Waals surface area (Å²) in [5, 5.41) is 0. The molecule has 1 aliphatic rings. The minimum Gasteiger partial charge on any atom is -0.452 e. The van der Waals surface area contributed by atoms with Crippen LogP contribution < -0.4 is 0 Å². The Labute approximate surface area is 89.9 Å². The maximum absolute atomic E-state index is 11.6. The standard InChI is InChI=1S/C11H16O4/c1-5-6-13-9(12)11(4)7-14-10(2,3)15-8-11/h1H,6-8H2,2-4H3. The van der Waals surface area contributed by atoms with E-state index in [1.807, 2.05) is 0 Å². The lowest BCUT2D eigenvalue weighted by Gasteiger charge is -2.39. The average molecular weight is 212 g/mol. The highest BCUT2D eigenvalue weighted by Gasteiger charge is 2.43. The fourth-order valence-electron chi connectivity index (χ4n) is 1.15. The Morgan fingerprint density at radius 1 is 1.40 bits per heavy atom. The first-order valence-electron chi connectivity index (χ1n) is 4.78. The Balaban J connectivity index is 2.55. The molecule has 0 spiro atoms. The summed E-state index contributed by atoms with van der Waals surface area (Å²) in [7, 11) is 0. The van der Waals surface area contributed by atoms with Crippen LogP contribution in [0.3, 0.4) is 0 Å². The van der Waals surface area contributed by atoms with Crippen molar-refractivity contribution in [3.63, 3.8) is 0 Å². The van der Waals surface area contributed by atoms with Crippen LogP contribution in [0.25, 0.3) is 0 Å². The Bertz CT molecular complexity index is 277. The van der Waals surface area contributed by atoms with Crippen LogP contribution in [-0.2, 0) is 19.0 Å². The molecule has 4 nitrogen and oxygen atoms in total. The average Bonchev–Trinajstić information content (AvgIpc) is 2.19. The molecule has 0 aromatic heterocycles. The number of carbonyl (C=O) groups excluding carboxylic acids is 1. The third-order valence-corrected chi connectivity index (χ3v) is 2.26. The van der Waals surface area contributed by atoms with E-state index in [-0.39, 0.29) is 25.8 Å². The fourth-order valence-corrected chi connectivity index (χ4v) is 1.15. The van der Waals surface area contributed by atoms with Gasteiger partial charge in [-0.1, -0.05) is 5.92 Å². The number of esters is 1. The van der Waals surface area contributed by atoms with Gasteiger partial charge in [0.25, 0.3) is 0 Å². The number of terminal acetylenes is 1. The molecule has 0 bridgehead atoms. The number of hydrogen-bond donors (Lipinski definition) is 0. The second-order valence-electron chi connectivity index (χ2n) is 4.32. The molecular weight excluding hydrogens is 196 g/mol. The molecule has 0 N–H and O–H groups in total. The largest absolute Gasteiger partial charge is 0.452 e. The van der Waals surface area contributed by atoms with Crippen molar-refractivity contribution >= 4 is 5.97 Å². The second-order valence-corrected chi connectivity index (χ2v) is 4.32. The number of rotatable bonds is 2. The van der Waals surface area contributed by atoms with E-state index in [0.717, 1.165) is 0 Å². The van der Waals surface area contributed by atoms with Crippen molar-refractivity contribution in [2.24, 2.45) is 5.41 Å². The van der Waals surface area contributed by atoms with Gasteiger partial charge in [0.05, 0.1) is 13.2 Å². The lowest BCUT2D eigenvalue weighted by Crippen LogP contribution is -2.49. The van der Waals surface area contributed by atoms with Crippen molar-refractivity contribution in [3.05, 3.63) is 0 Å². The molecule has 84 valence electrons. The van der Waals surface area contributed by atoms with Gasteiger partial charge in [-0.05, 0) is 20.8 Å². The van der Waals surface area contributed by atoms with Crippen LogP contribution in [-0.4, -0.2) is 31.6 Å². The van der Waals surface area contributed by atoms with Crippen molar-refractivity contribution in [2.45, 2.75) is 26.6 Å². The van der Waals surface area contributed by atoms with Gasteiger partial charge in [0.1, 0.15) is 5.41 Å². The third kappa shape index (κ3) is 2.95. The summed E-state index contributed by atoms with van der Waals surface area (Å²) in [5.41, 5.74) is -0.758. The molecule has 0 unspecified atom stereocenters. The maximum atomic E-state index is 11.6. The lowest BCUT2D eigenvalue weighted by molar-refractivity contribution is -0.281. The molecule has 0 amide bonds. The van der Waals surface area contributed by atoms with E-state index in [1.165, 1.54) is 0 Å². The van der Waals surface area contributed by atoms with Crippen molar-refractivity contribution in [1.82, 2.24) is 0 Å². The SMILES string of the molecule is C#CCOC(=O)C1(C)COC(C)(C)OC1. The molecule has 1 fully saturated rings. The first kappa shape index (κ1) is 12.0. The summed E-state index contributed by atoms with van der Waals surface area (Å²) in [5.74, 6) is 1.23. The van der Waals surface area contributed by atoms with E-state index in [2.05, 4.69) is 5.92 Å². The number of ether oxygens (including phenoxy) is 3. The molecule has 1 rings (SSSR count). The van der Waals surface area contributed by atoms with E-state index < -0.39 is 11.2 Å². The summed E-state index contributed by atoms with van der Waals surface area (Å²) in [4.78, 5) is 11.6. The van der Waals surface area contributed by atoms with Crippen LogP contribution in [0.1, 0.15) is 20.8 Å². The van der Waals surface area contributed by atoms with E-state index in [4.69, 9.17) is 20.6 Å². The van der Waals surface area contributed by atoms with Crippen molar-refractivity contribution in [3.8, 4) is 12.3 Å². The first-order chi connectivity index (χ1) is 6.90. The van der Waals surface area contributed by atoms with Crippen molar-refractivity contribution in [2.75, 3.05) is 19.8 Å². The molecular formula is C11H16O4. The summed E-state index contributed by atoms with van der Waals surface area (Å²) >= 11 is 0. The molecule has 15 heavy (non-hydrogen) atoms. The van der Waals surface area contributed by atoms with Crippen LogP contribution in [0, 0.1) is 17.8 Å². The fraction of sp³-hybridized carbons (Fsp3) is 0.727. The molecule has 0 aromatic rings. The van der Waals surface area contributed by atoms with Gasteiger partial charge in [-0.3, -0.25) is 4.79 Å². The molecule has 0 saturated carbocycles. The number of hydrogen-bond acceptors (Lipinski definition) is 4. The molecule has 0 radical (unpaired) electrons. The topological polar surface area (TPSA) is 44.8 Å². The predicted octanol–water partition coefficient (Wildman–Crippen LogP) is 0.952. The van der Waals surface area contributed by atoms with Gasteiger partial charge in [-0.15, -0.1) is 6.42 Å². The highest BCUT2D eigenvalue weighted by Crippen LogP contribution is 2.30. The minimum absolute atomic E-state index is 0.0161. The monoisotopic (exact) mass is 212 g/mol. The summed E-state index contributed by atoms with van der Waals surface area (Å²) in [6, 6.07) is 0. The summed E-state index contributed by atoms with van der Waals surface area (Å²) in [6.07, 6.45) is 5.00. The van der Waals surface area contributed by atoms with E-state index >= 15 is 0 Å². The van der Waals surface area contributed by atoms with Gasteiger partial charge in [0.2, 0.25) is 0 Å². The summed E-state index contributed by atoms with van der Waals surface area (Å²) in [6.45, 7) is 5.89. The van der Waals surface area contributed by atoms with Crippen molar-refractivity contribution in [1.29, 1.82) is 0 Å².